The number of carboxylic acid groups (broad SMARTS) is 1. The lowest BCUT2D eigenvalue weighted by Crippen LogP contribution is -2.31. The third kappa shape index (κ3) is 5.36. The number of para-hydroxylation sites is 1. The van der Waals surface area contributed by atoms with Gasteiger partial charge in [-0.15, -0.1) is 0 Å². The van der Waals surface area contributed by atoms with Gasteiger partial charge < -0.3 is 10.4 Å². The van der Waals surface area contributed by atoms with Crippen LogP contribution in [0.15, 0.2) is 89.6 Å². The van der Waals surface area contributed by atoms with Crippen molar-refractivity contribution < 1.29 is 19.5 Å². The topological polar surface area (TPSA) is 99.1 Å². The number of carbonyl (C=O) groups is 3. The molecule has 0 radical (unpaired) electrons. The van der Waals surface area contributed by atoms with Crippen molar-refractivity contribution in [2.24, 2.45) is 4.99 Å². The van der Waals surface area contributed by atoms with Crippen molar-refractivity contribution in [2.75, 3.05) is 16.0 Å². The molecule has 7 nitrogen and oxygen atoms in total. The van der Waals surface area contributed by atoms with Gasteiger partial charge in [0, 0.05) is 5.69 Å². The maximum atomic E-state index is 13.2. The number of benzene rings is 3. The van der Waals surface area contributed by atoms with Crippen molar-refractivity contribution in [1.82, 2.24) is 0 Å². The summed E-state index contributed by atoms with van der Waals surface area (Å²) in [7, 11) is 0. The molecule has 0 spiro atoms. The lowest BCUT2D eigenvalue weighted by Gasteiger charge is -2.17. The quantitative estimate of drug-likeness (QED) is 0.464. The highest BCUT2D eigenvalue weighted by Crippen LogP contribution is 2.29. The number of carbonyl (C=O) groups excluding carboxylic acids is 2. The Balaban J connectivity index is 1.53. The van der Waals surface area contributed by atoms with Crippen LogP contribution in [0.2, 0.25) is 5.02 Å². The Kier molecular flexibility index (Phi) is 7.10. The molecule has 34 heavy (non-hydrogen) atoms. The predicted molar refractivity (Wildman–Crippen MR) is 135 cm³/mol. The first kappa shape index (κ1) is 23.3. The number of aliphatic imine (C=N–C) groups is 1. The molecule has 2 amide bonds. The smallest absolute Gasteiger partial charge is 0.337 e. The third-order valence-electron chi connectivity index (χ3n) is 4.76. The number of hydrogen-bond acceptors (Lipinski definition) is 5. The van der Waals surface area contributed by atoms with Gasteiger partial charge >= 0.3 is 5.97 Å². The van der Waals surface area contributed by atoms with Crippen molar-refractivity contribution in [2.45, 2.75) is 0 Å². The monoisotopic (exact) mass is 491 g/mol. The van der Waals surface area contributed by atoms with Crippen molar-refractivity contribution in [3.8, 4) is 0 Å². The van der Waals surface area contributed by atoms with Crippen LogP contribution in [0.25, 0.3) is 6.08 Å². The second-order valence-corrected chi connectivity index (χ2v) is 8.50. The lowest BCUT2D eigenvalue weighted by molar-refractivity contribution is -0.114. The van der Waals surface area contributed by atoms with E-state index in [4.69, 9.17) is 11.6 Å². The van der Waals surface area contributed by atoms with Gasteiger partial charge in [-0.1, -0.05) is 71.9 Å². The molecule has 1 aliphatic rings. The standard InChI is InChI=1S/C25H18ClN3O4S/c26-20-12-11-17(14-19(20)24(32)33)27-22(30)15-34-25-28-21(13-16-7-3-1-4-8-16)23(31)29(25)18-9-5-2-6-10-18/h1-14H,15H2,(H,27,30)(H,32,33)/b21-13-. The van der Waals surface area contributed by atoms with Crippen LogP contribution in [-0.4, -0.2) is 33.8 Å². The SMILES string of the molecule is O=C(CSC1=N/C(=C\c2ccccc2)C(=O)N1c1ccccc1)Nc1ccc(Cl)c(C(=O)O)c1. The number of rotatable bonds is 6. The Morgan fingerprint density at radius 1 is 1.03 bits per heavy atom. The number of nitrogens with zero attached hydrogens (tertiary/aromatic N) is 2. The molecular weight excluding hydrogens is 474 g/mol. The average molecular weight is 492 g/mol. The minimum atomic E-state index is -1.19. The van der Waals surface area contributed by atoms with E-state index in [0.717, 1.165) is 17.3 Å². The van der Waals surface area contributed by atoms with E-state index >= 15 is 0 Å². The van der Waals surface area contributed by atoms with E-state index in [0.29, 0.717) is 16.5 Å². The summed E-state index contributed by atoms with van der Waals surface area (Å²) in [4.78, 5) is 42.9. The molecular formula is C25H18ClN3O4S. The fourth-order valence-electron chi connectivity index (χ4n) is 3.20. The summed E-state index contributed by atoms with van der Waals surface area (Å²) < 4.78 is 0. The first-order valence-electron chi connectivity index (χ1n) is 10.1. The Morgan fingerprint density at radius 2 is 1.71 bits per heavy atom. The highest BCUT2D eigenvalue weighted by molar-refractivity contribution is 8.14. The van der Waals surface area contributed by atoms with Gasteiger partial charge in [0.05, 0.1) is 22.0 Å². The molecule has 1 heterocycles. The van der Waals surface area contributed by atoms with Crippen molar-refractivity contribution >= 4 is 63.8 Å². The number of hydrogen-bond donors (Lipinski definition) is 2. The molecule has 1 aliphatic heterocycles. The summed E-state index contributed by atoms with van der Waals surface area (Å²) in [5.41, 5.74) is 1.94. The van der Waals surface area contributed by atoms with E-state index < -0.39 is 5.97 Å². The summed E-state index contributed by atoms with van der Waals surface area (Å²) in [6.07, 6.45) is 1.70. The molecule has 9 heteroatoms. The van der Waals surface area contributed by atoms with Gasteiger partial charge in [0.15, 0.2) is 5.17 Å². The van der Waals surface area contributed by atoms with E-state index in [1.165, 1.54) is 23.1 Å². The number of aromatic carboxylic acids is 1. The minimum absolute atomic E-state index is 0.0426. The second kappa shape index (κ2) is 10.4. The predicted octanol–water partition coefficient (Wildman–Crippen LogP) is 5.15. The molecule has 0 aromatic heterocycles. The Bertz CT molecular complexity index is 1310. The molecule has 0 atom stereocenters. The van der Waals surface area contributed by atoms with Crippen molar-refractivity contribution in [1.29, 1.82) is 0 Å². The Labute approximate surface area is 204 Å². The molecule has 0 saturated carbocycles. The molecule has 3 aromatic carbocycles. The molecule has 0 bridgehead atoms. The van der Waals surface area contributed by atoms with Crippen LogP contribution in [0.3, 0.4) is 0 Å². The summed E-state index contributed by atoms with van der Waals surface area (Å²) >= 11 is 6.98. The Hall–Kier alpha value is -3.88. The maximum absolute atomic E-state index is 13.2. The van der Waals surface area contributed by atoms with E-state index in [-0.39, 0.29) is 33.9 Å². The van der Waals surface area contributed by atoms with E-state index in [1.807, 2.05) is 48.5 Å². The number of nitrogens with one attached hydrogen (secondary N) is 1. The fourth-order valence-corrected chi connectivity index (χ4v) is 4.21. The summed E-state index contributed by atoms with van der Waals surface area (Å²) in [6.45, 7) is 0. The van der Waals surface area contributed by atoms with E-state index in [2.05, 4.69) is 10.3 Å². The van der Waals surface area contributed by atoms with Gasteiger partial charge in [-0.3, -0.25) is 14.5 Å². The van der Waals surface area contributed by atoms with Gasteiger partial charge in [0.1, 0.15) is 5.70 Å². The van der Waals surface area contributed by atoms with Crippen LogP contribution in [-0.2, 0) is 9.59 Å². The van der Waals surface area contributed by atoms with E-state index in [9.17, 15) is 19.5 Å². The molecule has 2 N–H and O–H groups in total. The highest BCUT2D eigenvalue weighted by atomic mass is 35.5. The van der Waals surface area contributed by atoms with Crippen LogP contribution < -0.4 is 10.2 Å². The van der Waals surface area contributed by atoms with Gasteiger partial charge in [0.25, 0.3) is 5.91 Å². The number of carboxylic acids is 1. The maximum Gasteiger partial charge on any atom is 0.337 e. The molecule has 0 saturated heterocycles. The molecule has 0 unspecified atom stereocenters. The van der Waals surface area contributed by atoms with Crippen LogP contribution in [0.4, 0.5) is 11.4 Å². The fraction of sp³-hybridized carbons (Fsp3) is 0.0400. The van der Waals surface area contributed by atoms with Gasteiger partial charge in [-0.25, -0.2) is 9.79 Å². The molecule has 0 fully saturated rings. The third-order valence-corrected chi connectivity index (χ3v) is 6.03. The van der Waals surface area contributed by atoms with Gasteiger partial charge in [-0.2, -0.15) is 0 Å². The van der Waals surface area contributed by atoms with Crippen LogP contribution in [0.1, 0.15) is 15.9 Å². The van der Waals surface area contributed by atoms with E-state index in [1.54, 1.807) is 18.2 Å². The van der Waals surface area contributed by atoms with Crippen molar-refractivity contribution in [3.05, 3.63) is 101 Å². The number of amidine groups is 1. The zero-order chi connectivity index (χ0) is 24.1. The van der Waals surface area contributed by atoms with Crippen LogP contribution in [0.5, 0.6) is 0 Å². The summed E-state index contributed by atoms with van der Waals surface area (Å²) in [5, 5.41) is 12.3. The zero-order valence-electron chi connectivity index (χ0n) is 17.6. The second-order valence-electron chi connectivity index (χ2n) is 7.15. The zero-order valence-corrected chi connectivity index (χ0v) is 19.2. The number of anilines is 2. The highest BCUT2D eigenvalue weighted by Gasteiger charge is 2.32. The largest absolute Gasteiger partial charge is 0.478 e. The number of halogens is 1. The van der Waals surface area contributed by atoms with Gasteiger partial charge in [-0.05, 0) is 42.0 Å². The minimum Gasteiger partial charge on any atom is -0.478 e. The average Bonchev–Trinajstić information content (AvgIpc) is 3.14. The lowest BCUT2D eigenvalue weighted by atomic mass is 10.2. The molecule has 170 valence electrons. The normalized spacial score (nSPS) is 14.3. The van der Waals surface area contributed by atoms with Crippen LogP contribution >= 0.6 is 23.4 Å². The first-order chi connectivity index (χ1) is 16.4. The molecule has 0 aliphatic carbocycles. The first-order valence-corrected chi connectivity index (χ1v) is 11.5. The molecule has 3 aromatic rings. The number of amides is 2. The summed E-state index contributed by atoms with van der Waals surface area (Å²) in [5.74, 6) is -1.90. The Morgan fingerprint density at radius 3 is 2.38 bits per heavy atom. The summed E-state index contributed by atoms with van der Waals surface area (Å²) in [6, 6.07) is 22.7. The van der Waals surface area contributed by atoms with Crippen molar-refractivity contribution in [3.63, 3.8) is 0 Å². The van der Waals surface area contributed by atoms with Crippen LogP contribution in [0, 0.1) is 0 Å². The molecule has 4 rings (SSSR count). The number of thioether (sulfide) groups is 1. The van der Waals surface area contributed by atoms with Gasteiger partial charge in [0.2, 0.25) is 5.91 Å².